The lowest BCUT2D eigenvalue weighted by atomic mass is 10.1. The first-order valence-corrected chi connectivity index (χ1v) is 21.2. The van der Waals surface area contributed by atoms with Gasteiger partial charge in [-0.15, -0.1) is 0 Å². The van der Waals surface area contributed by atoms with Crippen molar-refractivity contribution in [2.75, 3.05) is 19.8 Å². The van der Waals surface area contributed by atoms with Crippen molar-refractivity contribution in [2.45, 2.75) is 167 Å². The van der Waals surface area contributed by atoms with E-state index in [1.165, 1.54) is 51.4 Å². The molecule has 0 rings (SSSR count). The number of esters is 2. The van der Waals surface area contributed by atoms with Crippen molar-refractivity contribution in [3.63, 3.8) is 0 Å². The summed E-state index contributed by atoms with van der Waals surface area (Å²) in [5.41, 5.74) is 5.31. The molecule has 12 heteroatoms. The molecule has 0 radical (unpaired) electrons. The molecule has 0 spiro atoms. The molecule has 3 atom stereocenters. The highest BCUT2D eigenvalue weighted by Gasteiger charge is 2.28. The van der Waals surface area contributed by atoms with E-state index in [2.05, 4.69) is 67.0 Å². The lowest BCUT2D eigenvalue weighted by molar-refractivity contribution is -0.161. The van der Waals surface area contributed by atoms with Crippen molar-refractivity contribution in [2.24, 2.45) is 5.73 Å². The highest BCUT2D eigenvalue weighted by molar-refractivity contribution is 7.47. The van der Waals surface area contributed by atoms with Gasteiger partial charge in [-0.1, -0.05) is 140 Å². The first-order chi connectivity index (χ1) is 25.1. The van der Waals surface area contributed by atoms with E-state index in [9.17, 15) is 23.8 Å². The molecule has 0 bridgehead atoms. The van der Waals surface area contributed by atoms with Crippen molar-refractivity contribution in [3.05, 3.63) is 48.6 Å². The van der Waals surface area contributed by atoms with Crippen LogP contribution in [0.2, 0.25) is 0 Å². The van der Waals surface area contributed by atoms with Crippen LogP contribution in [0.4, 0.5) is 0 Å². The molecule has 0 aromatic heterocycles. The van der Waals surface area contributed by atoms with Crippen molar-refractivity contribution >= 4 is 25.7 Å². The predicted molar refractivity (Wildman–Crippen MR) is 208 cm³/mol. The first-order valence-electron chi connectivity index (χ1n) is 19.7. The van der Waals surface area contributed by atoms with Crippen molar-refractivity contribution in [1.29, 1.82) is 0 Å². The minimum Gasteiger partial charge on any atom is -0.480 e. The molecule has 11 nitrogen and oxygen atoms in total. The molecule has 0 saturated carbocycles. The minimum atomic E-state index is -4.72. The molecule has 0 aromatic carbocycles. The Hall–Kier alpha value is -2.56. The van der Waals surface area contributed by atoms with E-state index < -0.39 is 51.1 Å². The molecule has 0 amide bonds. The Balaban J connectivity index is 4.49. The second kappa shape index (κ2) is 35.5. The fourth-order valence-corrected chi connectivity index (χ4v) is 5.71. The van der Waals surface area contributed by atoms with Gasteiger partial charge >= 0.3 is 25.7 Å². The molecule has 0 saturated heterocycles. The van der Waals surface area contributed by atoms with E-state index in [0.717, 1.165) is 64.2 Å². The molecular weight excluding hydrogens is 685 g/mol. The molecular formula is C40H70NO10P. The maximum absolute atomic E-state index is 12.6. The van der Waals surface area contributed by atoms with Crippen LogP contribution in [-0.4, -0.2) is 59.9 Å². The van der Waals surface area contributed by atoms with Gasteiger partial charge in [-0.25, -0.2) is 4.57 Å². The number of allylic oxidation sites excluding steroid dienone is 8. The molecule has 300 valence electrons. The Bertz CT molecular complexity index is 1070. The number of ether oxygens (including phenoxy) is 2. The average molecular weight is 756 g/mol. The van der Waals surface area contributed by atoms with Gasteiger partial charge in [-0.2, -0.15) is 0 Å². The van der Waals surface area contributed by atoms with Gasteiger partial charge in [0.25, 0.3) is 0 Å². The molecule has 0 fully saturated rings. The summed E-state index contributed by atoms with van der Waals surface area (Å²) < 4.78 is 32.5. The molecule has 0 aliphatic heterocycles. The van der Waals surface area contributed by atoms with Crippen LogP contribution in [0.15, 0.2) is 48.6 Å². The minimum absolute atomic E-state index is 0.123. The van der Waals surface area contributed by atoms with Crippen LogP contribution in [0.5, 0.6) is 0 Å². The van der Waals surface area contributed by atoms with E-state index in [1.807, 2.05) is 0 Å². The fourth-order valence-electron chi connectivity index (χ4n) is 4.94. The Kier molecular flexibility index (Phi) is 33.7. The number of carboxylic acids is 1. The number of phosphoric ester groups is 1. The molecule has 1 unspecified atom stereocenters. The van der Waals surface area contributed by atoms with Crippen LogP contribution in [-0.2, 0) is 37.5 Å². The van der Waals surface area contributed by atoms with Gasteiger partial charge in [0.15, 0.2) is 6.10 Å². The van der Waals surface area contributed by atoms with Crippen molar-refractivity contribution in [3.8, 4) is 0 Å². The normalized spacial score (nSPS) is 14.4. The Morgan fingerprint density at radius 3 is 1.60 bits per heavy atom. The SMILES string of the molecule is CCC/C=C/C/C=C/C/C=C/C/C=C/CCCCCC(=O)O[C@@H](COC(=O)CCCCCCCCCCCCC)COP(=O)(O)OC[C@H](N)C(=O)O. The third-order valence-electron chi connectivity index (χ3n) is 8.06. The fraction of sp³-hybridized carbons (Fsp3) is 0.725. The number of carbonyl (C=O) groups is 3. The topological polar surface area (TPSA) is 172 Å². The summed E-state index contributed by atoms with van der Waals surface area (Å²) >= 11 is 0. The number of rotatable bonds is 36. The summed E-state index contributed by atoms with van der Waals surface area (Å²) in [4.78, 5) is 45.7. The molecule has 0 aliphatic rings. The summed E-state index contributed by atoms with van der Waals surface area (Å²) in [5.74, 6) is -2.42. The van der Waals surface area contributed by atoms with E-state index in [-0.39, 0.29) is 19.4 Å². The summed E-state index contributed by atoms with van der Waals surface area (Å²) in [6.45, 7) is 2.67. The van der Waals surface area contributed by atoms with E-state index in [0.29, 0.717) is 12.8 Å². The zero-order valence-corrected chi connectivity index (χ0v) is 33.0. The van der Waals surface area contributed by atoms with Crippen molar-refractivity contribution in [1.82, 2.24) is 0 Å². The quantitative estimate of drug-likeness (QED) is 0.0241. The number of carboxylic acid groups (broad SMARTS) is 1. The van der Waals surface area contributed by atoms with Gasteiger partial charge in [0, 0.05) is 12.8 Å². The maximum Gasteiger partial charge on any atom is 0.472 e. The highest BCUT2D eigenvalue weighted by atomic mass is 31.2. The first kappa shape index (κ1) is 49.4. The van der Waals surface area contributed by atoms with Gasteiger partial charge < -0.3 is 25.2 Å². The van der Waals surface area contributed by atoms with Gasteiger partial charge in [0.1, 0.15) is 12.6 Å². The zero-order chi connectivity index (χ0) is 38.5. The van der Waals surface area contributed by atoms with E-state index in [1.54, 1.807) is 0 Å². The Labute approximate surface area is 314 Å². The summed E-state index contributed by atoms with van der Waals surface area (Å²) in [6.07, 6.45) is 37.5. The predicted octanol–water partition coefficient (Wildman–Crippen LogP) is 9.83. The monoisotopic (exact) mass is 755 g/mol. The van der Waals surface area contributed by atoms with Gasteiger partial charge in [-0.3, -0.25) is 23.4 Å². The summed E-state index contributed by atoms with van der Waals surface area (Å²) in [7, 11) is -4.72. The summed E-state index contributed by atoms with van der Waals surface area (Å²) in [6, 6.07) is -1.53. The van der Waals surface area contributed by atoms with Gasteiger partial charge in [0.05, 0.1) is 13.2 Å². The van der Waals surface area contributed by atoms with Crippen molar-refractivity contribution < 1.29 is 47.5 Å². The van der Waals surface area contributed by atoms with E-state index in [4.69, 9.17) is 24.8 Å². The number of nitrogens with two attached hydrogens (primary N) is 1. The molecule has 0 heterocycles. The smallest absolute Gasteiger partial charge is 0.472 e. The second-order valence-electron chi connectivity index (χ2n) is 13.1. The highest BCUT2D eigenvalue weighted by Crippen LogP contribution is 2.43. The number of hydrogen-bond donors (Lipinski definition) is 3. The largest absolute Gasteiger partial charge is 0.480 e. The zero-order valence-electron chi connectivity index (χ0n) is 32.1. The third kappa shape index (κ3) is 34.5. The van der Waals surface area contributed by atoms with Crippen LogP contribution >= 0.6 is 7.82 Å². The average Bonchev–Trinajstić information content (AvgIpc) is 3.12. The van der Waals surface area contributed by atoms with Gasteiger partial charge in [0.2, 0.25) is 0 Å². The second-order valence-corrected chi connectivity index (χ2v) is 14.5. The molecule has 0 aromatic rings. The Morgan fingerprint density at radius 2 is 1.06 bits per heavy atom. The lowest BCUT2D eigenvalue weighted by Gasteiger charge is -2.20. The number of hydrogen-bond acceptors (Lipinski definition) is 9. The van der Waals surface area contributed by atoms with Crippen LogP contribution < -0.4 is 5.73 Å². The number of phosphoric acid groups is 1. The number of unbranched alkanes of at least 4 members (excludes halogenated alkanes) is 14. The van der Waals surface area contributed by atoms with Gasteiger partial charge in [-0.05, 0) is 51.4 Å². The maximum atomic E-state index is 12.6. The van der Waals surface area contributed by atoms with Crippen LogP contribution in [0, 0.1) is 0 Å². The third-order valence-corrected chi connectivity index (χ3v) is 9.01. The standard InChI is InChI=1S/C40H70NO10P/c1-3-5-7-9-11-13-15-16-17-18-19-20-22-24-26-28-30-32-39(43)51-36(34-49-52(46,47)50-35-37(41)40(44)45)33-48-38(42)31-29-27-25-23-21-14-12-10-8-6-4-2/h7,9,13,15,17-18,20,22,36-37H,3-6,8,10-12,14,16,19,21,23-35,41H2,1-2H3,(H,44,45)(H,46,47)/b9-7+,15-13+,18-17+,22-20+/t36-,37-/m0/s1. The number of aliphatic carboxylic acids is 1. The van der Waals surface area contributed by atoms with Crippen LogP contribution in [0.25, 0.3) is 0 Å². The number of carbonyl (C=O) groups excluding carboxylic acids is 2. The molecule has 0 aliphatic carbocycles. The van der Waals surface area contributed by atoms with E-state index >= 15 is 0 Å². The lowest BCUT2D eigenvalue weighted by Crippen LogP contribution is -2.34. The van der Waals surface area contributed by atoms with Crippen LogP contribution in [0.1, 0.15) is 155 Å². The molecule has 52 heavy (non-hydrogen) atoms. The van der Waals surface area contributed by atoms with Crippen LogP contribution in [0.3, 0.4) is 0 Å². The molecule has 4 N–H and O–H groups in total. The Morgan fingerprint density at radius 1 is 0.596 bits per heavy atom. The summed E-state index contributed by atoms with van der Waals surface area (Å²) in [5, 5.41) is 8.86.